The van der Waals surface area contributed by atoms with Crippen molar-refractivity contribution in [1.82, 2.24) is 0 Å². The fourth-order valence-corrected chi connectivity index (χ4v) is 2.12. The van der Waals surface area contributed by atoms with E-state index >= 15 is 0 Å². The summed E-state index contributed by atoms with van der Waals surface area (Å²) < 4.78 is 14.2. The molecule has 18 heavy (non-hydrogen) atoms. The minimum absolute atomic E-state index is 0.0713. The highest BCUT2D eigenvalue weighted by Crippen LogP contribution is 2.36. The number of carbonyl (C=O) groups is 1. The summed E-state index contributed by atoms with van der Waals surface area (Å²) in [5, 5.41) is 3.01. The molecule has 5 heteroatoms. The van der Waals surface area contributed by atoms with Crippen LogP contribution in [-0.4, -0.2) is 11.6 Å². The highest BCUT2D eigenvalue weighted by atomic mass is 19.1. The Balaban J connectivity index is 2.50. The average Bonchev–Trinajstić information content (AvgIpc) is 2.50. The van der Waals surface area contributed by atoms with Crippen LogP contribution in [0.3, 0.4) is 0 Å². The van der Waals surface area contributed by atoms with Crippen LogP contribution in [0.2, 0.25) is 0 Å². The SMILES string of the molecule is CC(C)(C)c1ccc2c(c1)CC(F)(N=[N+]=[N-])C2=O. The third-order valence-electron chi connectivity index (χ3n) is 3.19. The molecule has 0 bridgehead atoms. The molecule has 4 nitrogen and oxygen atoms in total. The van der Waals surface area contributed by atoms with Crippen molar-refractivity contribution in [1.29, 1.82) is 0 Å². The summed E-state index contributed by atoms with van der Waals surface area (Å²) in [6.07, 6.45) is -0.171. The normalized spacial score (nSPS) is 22.6. The molecule has 0 fully saturated rings. The van der Waals surface area contributed by atoms with Crippen molar-refractivity contribution in [3.8, 4) is 0 Å². The van der Waals surface area contributed by atoms with E-state index in [1.807, 2.05) is 32.9 Å². The first-order chi connectivity index (χ1) is 8.28. The first-order valence-electron chi connectivity index (χ1n) is 5.71. The van der Waals surface area contributed by atoms with Gasteiger partial charge in [0, 0.05) is 16.9 Å². The van der Waals surface area contributed by atoms with Gasteiger partial charge in [-0.3, -0.25) is 4.79 Å². The number of hydrogen-bond donors (Lipinski definition) is 0. The van der Waals surface area contributed by atoms with Gasteiger partial charge in [-0.15, -0.1) is 0 Å². The Labute approximate surface area is 104 Å². The molecule has 0 heterocycles. The van der Waals surface area contributed by atoms with Gasteiger partial charge in [0.1, 0.15) is 0 Å². The summed E-state index contributed by atoms with van der Waals surface area (Å²) >= 11 is 0. The third kappa shape index (κ3) is 1.87. The Kier molecular flexibility index (Phi) is 2.67. The van der Waals surface area contributed by atoms with E-state index in [-0.39, 0.29) is 11.8 Å². The lowest BCUT2D eigenvalue weighted by molar-refractivity contribution is 0.0735. The van der Waals surface area contributed by atoms with Crippen LogP contribution in [0, 0.1) is 0 Å². The summed E-state index contributed by atoms with van der Waals surface area (Å²) in [7, 11) is 0. The van der Waals surface area contributed by atoms with Crippen LogP contribution in [0.5, 0.6) is 0 Å². The molecule has 1 unspecified atom stereocenters. The Morgan fingerprint density at radius 1 is 1.44 bits per heavy atom. The summed E-state index contributed by atoms with van der Waals surface area (Å²) in [5.41, 5.74) is 10.2. The molecule has 1 aromatic rings. The van der Waals surface area contributed by atoms with Crippen LogP contribution in [0.4, 0.5) is 4.39 Å². The van der Waals surface area contributed by atoms with E-state index in [9.17, 15) is 9.18 Å². The number of benzene rings is 1. The molecule has 1 aliphatic rings. The van der Waals surface area contributed by atoms with E-state index in [1.54, 1.807) is 6.07 Å². The number of rotatable bonds is 1. The molecular formula is C13H14FN3O. The zero-order chi connectivity index (χ0) is 13.6. The zero-order valence-electron chi connectivity index (χ0n) is 10.6. The maximum Gasteiger partial charge on any atom is 0.255 e. The van der Waals surface area contributed by atoms with Crippen molar-refractivity contribution < 1.29 is 9.18 Å². The molecule has 2 rings (SSSR count). The minimum Gasteiger partial charge on any atom is -0.290 e. The molecule has 1 atom stereocenters. The van der Waals surface area contributed by atoms with Crippen molar-refractivity contribution >= 4 is 5.78 Å². The fourth-order valence-electron chi connectivity index (χ4n) is 2.12. The molecule has 0 aromatic heterocycles. The summed E-state index contributed by atoms with van der Waals surface area (Å²) in [5.74, 6) is -3.19. The van der Waals surface area contributed by atoms with Crippen molar-refractivity contribution in [2.24, 2.45) is 5.11 Å². The van der Waals surface area contributed by atoms with E-state index in [0.717, 1.165) is 5.56 Å². The van der Waals surface area contributed by atoms with Crippen molar-refractivity contribution in [2.75, 3.05) is 0 Å². The van der Waals surface area contributed by atoms with Gasteiger partial charge in [-0.1, -0.05) is 39.0 Å². The summed E-state index contributed by atoms with van der Waals surface area (Å²) in [6.45, 7) is 6.13. The van der Waals surface area contributed by atoms with Gasteiger partial charge >= 0.3 is 0 Å². The molecule has 0 aliphatic heterocycles. The third-order valence-corrected chi connectivity index (χ3v) is 3.19. The topological polar surface area (TPSA) is 65.8 Å². The van der Waals surface area contributed by atoms with E-state index in [1.165, 1.54) is 0 Å². The van der Waals surface area contributed by atoms with Crippen molar-refractivity contribution in [3.05, 3.63) is 45.3 Å². The number of fused-ring (bicyclic) bond motifs is 1. The molecule has 1 aromatic carbocycles. The molecule has 0 amide bonds. The lowest BCUT2D eigenvalue weighted by Gasteiger charge is -2.19. The number of Topliss-reactive ketones (excluding diaryl/α,β-unsaturated/α-hetero) is 1. The Bertz CT molecular complexity index is 570. The van der Waals surface area contributed by atoms with Crippen LogP contribution in [0.25, 0.3) is 10.4 Å². The lowest BCUT2D eigenvalue weighted by Crippen LogP contribution is -2.26. The van der Waals surface area contributed by atoms with Crippen LogP contribution in [0.1, 0.15) is 42.3 Å². The fraction of sp³-hybridized carbons (Fsp3) is 0.462. The van der Waals surface area contributed by atoms with Gasteiger partial charge in [-0.2, -0.15) is 0 Å². The maximum atomic E-state index is 14.2. The lowest BCUT2D eigenvalue weighted by atomic mass is 9.85. The zero-order valence-corrected chi connectivity index (χ0v) is 10.6. The average molecular weight is 247 g/mol. The van der Waals surface area contributed by atoms with Gasteiger partial charge in [0.25, 0.3) is 5.79 Å². The smallest absolute Gasteiger partial charge is 0.255 e. The van der Waals surface area contributed by atoms with Gasteiger partial charge < -0.3 is 0 Å². The largest absolute Gasteiger partial charge is 0.290 e. The molecule has 0 saturated carbocycles. The van der Waals surface area contributed by atoms with Gasteiger partial charge in [0.05, 0.1) is 0 Å². The molecule has 0 spiro atoms. The quantitative estimate of drug-likeness (QED) is 0.323. The van der Waals surface area contributed by atoms with Gasteiger partial charge in [-0.05, 0) is 27.2 Å². The van der Waals surface area contributed by atoms with Crippen molar-refractivity contribution in [2.45, 2.75) is 38.4 Å². The number of halogens is 1. The van der Waals surface area contributed by atoms with Crippen molar-refractivity contribution in [3.63, 3.8) is 0 Å². The number of alkyl halides is 1. The van der Waals surface area contributed by atoms with Crippen LogP contribution < -0.4 is 0 Å². The Morgan fingerprint density at radius 2 is 2.11 bits per heavy atom. The van der Waals surface area contributed by atoms with E-state index in [4.69, 9.17) is 5.53 Å². The number of nitrogens with zero attached hydrogens (tertiary/aromatic N) is 3. The second-order valence-electron chi connectivity index (χ2n) is 5.58. The van der Waals surface area contributed by atoms with Gasteiger partial charge in [-0.25, -0.2) is 4.39 Å². The Hall–Kier alpha value is -1.87. The molecule has 1 aliphatic carbocycles. The van der Waals surface area contributed by atoms with Gasteiger partial charge in [0.15, 0.2) is 0 Å². The number of azide groups is 1. The standard InChI is InChI=1S/C13H14FN3O/c1-12(2,3)9-4-5-10-8(6-9)7-13(14,11(10)18)16-17-15/h4-6H,7H2,1-3H3. The van der Waals surface area contributed by atoms with Crippen LogP contribution in [0.15, 0.2) is 23.3 Å². The summed E-state index contributed by atoms with van der Waals surface area (Å²) in [6, 6.07) is 5.26. The first kappa shape index (κ1) is 12.6. The maximum absolute atomic E-state index is 14.2. The second-order valence-corrected chi connectivity index (χ2v) is 5.58. The molecule has 94 valence electrons. The number of carbonyl (C=O) groups excluding carboxylic acids is 1. The van der Waals surface area contributed by atoms with Crippen LogP contribution in [-0.2, 0) is 11.8 Å². The van der Waals surface area contributed by atoms with E-state index in [2.05, 4.69) is 10.0 Å². The second kappa shape index (κ2) is 3.82. The Morgan fingerprint density at radius 3 is 2.67 bits per heavy atom. The number of ketones is 1. The van der Waals surface area contributed by atoms with Gasteiger partial charge in [0.2, 0.25) is 5.78 Å². The predicted molar refractivity (Wildman–Crippen MR) is 66.2 cm³/mol. The first-order valence-corrected chi connectivity index (χ1v) is 5.71. The monoisotopic (exact) mass is 247 g/mol. The van der Waals surface area contributed by atoms with E-state index < -0.39 is 11.6 Å². The predicted octanol–water partition coefficient (Wildman–Crippen LogP) is 3.70. The molecule has 0 saturated heterocycles. The molecule has 0 radical (unpaired) electrons. The molecule has 0 N–H and O–H groups in total. The summed E-state index contributed by atoms with van der Waals surface area (Å²) in [4.78, 5) is 14.3. The highest BCUT2D eigenvalue weighted by molar-refractivity contribution is 6.06. The highest BCUT2D eigenvalue weighted by Gasteiger charge is 2.45. The van der Waals surface area contributed by atoms with Crippen LogP contribution >= 0.6 is 0 Å². The number of hydrogen-bond acceptors (Lipinski definition) is 2. The van der Waals surface area contributed by atoms with E-state index in [0.29, 0.717) is 11.1 Å². The molecular weight excluding hydrogens is 233 g/mol. The minimum atomic E-state index is -2.45.